The molecule has 1 N–H and O–H groups in total. The average molecular weight is 608 g/mol. The average Bonchev–Trinajstić information content (AvgIpc) is 2.99. The lowest BCUT2D eigenvalue weighted by Crippen LogP contribution is -2.53. The zero-order valence-corrected chi connectivity index (χ0v) is 26.2. The van der Waals surface area contributed by atoms with Crippen molar-refractivity contribution >= 4 is 27.5 Å². The molecule has 0 radical (unpaired) electrons. The number of hydrogen-bond donors (Lipinski definition) is 1. The van der Waals surface area contributed by atoms with Crippen LogP contribution < -0.4 is 9.62 Å². The van der Waals surface area contributed by atoms with Crippen LogP contribution in [0.3, 0.4) is 0 Å². The second-order valence-corrected chi connectivity index (χ2v) is 13.6. The Bertz CT molecular complexity index is 1480. The zero-order chi connectivity index (χ0) is 31.1. The van der Waals surface area contributed by atoms with Gasteiger partial charge in [0.05, 0.1) is 10.6 Å². The fourth-order valence-corrected chi connectivity index (χ4v) is 6.74. The Labute approximate surface area is 255 Å². The number of sulfonamides is 1. The Balaban J connectivity index is 1.68. The van der Waals surface area contributed by atoms with E-state index in [2.05, 4.69) is 5.32 Å². The molecule has 43 heavy (non-hydrogen) atoms. The van der Waals surface area contributed by atoms with Crippen molar-refractivity contribution in [2.24, 2.45) is 0 Å². The van der Waals surface area contributed by atoms with E-state index in [0.717, 1.165) is 47.5 Å². The van der Waals surface area contributed by atoms with E-state index in [-0.39, 0.29) is 29.3 Å². The van der Waals surface area contributed by atoms with Gasteiger partial charge in [0, 0.05) is 12.6 Å². The zero-order valence-electron chi connectivity index (χ0n) is 25.4. The summed E-state index contributed by atoms with van der Waals surface area (Å²) in [6.45, 7) is 7.12. The van der Waals surface area contributed by atoms with Crippen molar-refractivity contribution in [2.45, 2.75) is 89.2 Å². The molecule has 230 valence electrons. The van der Waals surface area contributed by atoms with Crippen LogP contribution in [0.1, 0.15) is 75.5 Å². The molecular weight excluding hydrogens is 565 g/mol. The Morgan fingerprint density at radius 3 is 2.07 bits per heavy atom. The third-order valence-corrected chi connectivity index (χ3v) is 9.91. The highest BCUT2D eigenvalue weighted by molar-refractivity contribution is 7.92. The van der Waals surface area contributed by atoms with Gasteiger partial charge < -0.3 is 10.2 Å². The number of carbonyl (C=O) groups is 2. The molecule has 0 heterocycles. The fraction of sp³-hybridized carbons (Fsp3) is 0.412. The highest BCUT2D eigenvalue weighted by atomic mass is 32.2. The van der Waals surface area contributed by atoms with Crippen LogP contribution >= 0.6 is 0 Å². The molecule has 0 saturated heterocycles. The van der Waals surface area contributed by atoms with Crippen molar-refractivity contribution in [1.82, 2.24) is 10.2 Å². The third kappa shape index (κ3) is 8.22. The molecule has 1 saturated carbocycles. The molecule has 0 aliphatic heterocycles. The van der Waals surface area contributed by atoms with Gasteiger partial charge in [-0.3, -0.25) is 13.9 Å². The topological polar surface area (TPSA) is 86.8 Å². The standard InChI is InChI=1S/C34H42FN3O4S/c1-24(2)28-14-18-31(19-15-28)38(43(41,42)32-20-10-25(3)11-21-32)23-33(39)37(22-27-12-16-29(35)17-13-27)26(4)34(40)36-30-8-6-5-7-9-30/h10-21,24,26,30H,5-9,22-23H2,1-4H3,(H,36,40). The van der Waals surface area contributed by atoms with Gasteiger partial charge in [-0.15, -0.1) is 0 Å². The first-order valence-electron chi connectivity index (χ1n) is 15.0. The van der Waals surface area contributed by atoms with E-state index < -0.39 is 34.3 Å². The van der Waals surface area contributed by atoms with Crippen molar-refractivity contribution in [3.05, 3.63) is 95.3 Å². The van der Waals surface area contributed by atoms with Crippen LogP contribution in [0.25, 0.3) is 0 Å². The molecule has 1 unspecified atom stereocenters. The summed E-state index contributed by atoms with van der Waals surface area (Å²) in [5, 5.41) is 3.09. The van der Waals surface area contributed by atoms with Crippen molar-refractivity contribution in [2.75, 3.05) is 10.8 Å². The third-order valence-electron chi connectivity index (χ3n) is 8.12. The Morgan fingerprint density at radius 2 is 1.49 bits per heavy atom. The van der Waals surface area contributed by atoms with Crippen LogP contribution in [0.4, 0.5) is 10.1 Å². The molecule has 0 bridgehead atoms. The number of hydrogen-bond acceptors (Lipinski definition) is 4. The summed E-state index contributed by atoms with van der Waals surface area (Å²) in [6.07, 6.45) is 5.00. The quantitative estimate of drug-likeness (QED) is 0.277. The first-order chi connectivity index (χ1) is 20.5. The molecule has 4 rings (SSSR count). The van der Waals surface area contributed by atoms with Gasteiger partial charge in [-0.05, 0) is 80.1 Å². The molecule has 0 spiro atoms. The minimum Gasteiger partial charge on any atom is -0.352 e. The number of amides is 2. The highest BCUT2D eigenvalue weighted by Gasteiger charge is 2.33. The molecule has 1 aliphatic rings. The fourth-order valence-electron chi connectivity index (χ4n) is 5.33. The second kappa shape index (κ2) is 14.2. The summed E-state index contributed by atoms with van der Waals surface area (Å²) in [4.78, 5) is 29.0. The summed E-state index contributed by atoms with van der Waals surface area (Å²) in [5.41, 5.74) is 2.92. The summed E-state index contributed by atoms with van der Waals surface area (Å²) < 4.78 is 42.8. The summed E-state index contributed by atoms with van der Waals surface area (Å²) >= 11 is 0. The van der Waals surface area contributed by atoms with Crippen LogP contribution in [0, 0.1) is 12.7 Å². The van der Waals surface area contributed by atoms with E-state index in [0.29, 0.717) is 11.3 Å². The smallest absolute Gasteiger partial charge is 0.264 e. The minimum absolute atomic E-state index is 0.0169. The Hall–Kier alpha value is -3.72. The van der Waals surface area contributed by atoms with Crippen molar-refractivity contribution in [3.8, 4) is 0 Å². The molecule has 1 aliphatic carbocycles. The summed E-state index contributed by atoms with van der Waals surface area (Å²) in [7, 11) is -4.14. The van der Waals surface area contributed by atoms with Crippen molar-refractivity contribution in [3.63, 3.8) is 0 Å². The maximum Gasteiger partial charge on any atom is 0.264 e. The lowest BCUT2D eigenvalue weighted by molar-refractivity contribution is -0.139. The van der Waals surface area contributed by atoms with E-state index in [1.165, 1.54) is 29.2 Å². The first kappa shape index (κ1) is 32.2. The van der Waals surface area contributed by atoms with Crippen LogP contribution in [-0.4, -0.2) is 43.8 Å². The minimum atomic E-state index is -4.14. The first-order valence-corrected chi connectivity index (χ1v) is 16.4. The predicted octanol–water partition coefficient (Wildman–Crippen LogP) is 6.32. The van der Waals surface area contributed by atoms with Crippen LogP contribution in [0.15, 0.2) is 77.7 Å². The largest absolute Gasteiger partial charge is 0.352 e. The monoisotopic (exact) mass is 607 g/mol. The van der Waals surface area contributed by atoms with Crippen LogP contribution in [-0.2, 0) is 26.2 Å². The van der Waals surface area contributed by atoms with Gasteiger partial charge in [0.1, 0.15) is 18.4 Å². The van der Waals surface area contributed by atoms with Gasteiger partial charge in [-0.25, -0.2) is 12.8 Å². The molecule has 0 aromatic heterocycles. The maximum absolute atomic E-state index is 14.1. The molecule has 1 fully saturated rings. The van der Waals surface area contributed by atoms with E-state index in [1.54, 1.807) is 43.3 Å². The van der Waals surface area contributed by atoms with Gasteiger partial charge >= 0.3 is 0 Å². The number of anilines is 1. The summed E-state index contributed by atoms with van der Waals surface area (Å²) in [5.74, 6) is -1.01. The van der Waals surface area contributed by atoms with Crippen molar-refractivity contribution < 1.29 is 22.4 Å². The van der Waals surface area contributed by atoms with Gasteiger partial charge in [0.15, 0.2) is 0 Å². The van der Waals surface area contributed by atoms with E-state index >= 15 is 0 Å². The molecule has 3 aromatic rings. The molecule has 9 heteroatoms. The van der Waals surface area contributed by atoms with Gasteiger partial charge in [0.2, 0.25) is 11.8 Å². The van der Waals surface area contributed by atoms with Crippen LogP contribution in [0.5, 0.6) is 0 Å². The van der Waals surface area contributed by atoms with Gasteiger partial charge in [-0.2, -0.15) is 0 Å². The SMILES string of the molecule is Cc1ccc(S(=O)(=O)N(CC(=O)N(Cc2ccc(F)cc2)C(C)C(=O)NC2CCCCC2)c2ccc(C(C)C)cc2)cc1. The number of nitrogens with one attached hydrogen (secondary N) is 1. The summed E-state index contributed by atoms with van der Waals surface area (Å²) in [6, 6.07) is 18.5. The molecular formula is C34H42FN3O4S. The number of rotatable bonds is 11. The number of halogens is 1. The normalized spacial score (nSPS) is 14.7. The number of aryl methyl sites for hydroxylation is 1. The van der Waals surface area contributed by atoms with E-state index in [1.807, 2.05) is 32.9 Å². The Morgan fingerprint density at radius 1 is 0.884 bits per heavy atom. The number of carbonyl (C=O) groups excluding carboxylic acids is 2. The molecule has 1 atom stereocenters. The van der Waals surface area contributed by atoms with Gasteiger partial charge in [-0.1, -0.05) is 75.1 Å². The lowest BCUT2D eigenvalue weighted by Gasteiger charge is -2.33. The molecule has 3 aromatic carbocycles. The highest BCUT2D eigenvalue weighted by Crippen LogP contribution is 2.27. The van der Waals surface area contributed by atoms with Crippen LogP contribution in [0.2, 0.25) is 0 Å². The Kier molecular flexibility index (Phi) is 10.6. The van der Waals surface area contributed by atoms with E-state index in [9.17, 15) is 22.4 Å². The van der Waals surface area contributed by atoms with Crippen molar-refractivity contribution in [1.29, 1.82) is 0 Å². The lowest BCUT2D eigenvalue weighted by atomic mass is 9.95. The molecule has 2 amide bonds. The van der Waals surface area contributed by atoms with E-state index in [4.69, 9.17) is 0 Å². The number of nitrogens with zero attached hydrogens (tertiary/aromatic N) is 2. The van der Waals surface area contributed by atoms with Gasteiger partial charge in [0.25, 0.3) is 10.0 Å². The predicted molar refractivity (Wildman–Crippen MR) is 168 cm³/mol. The second-order valence-electron chi connectivity index (χ2n) is 11.7. The molecule has 7 nitrogen and oxygen atoms in total. The number of benzene rings is 3. The maximum atomic E-state index is 14.1.